The first-order valence-corrected chi connectivity index (χ1v) is 10.8. The zero-order chi connectivity index (χ0) is 20.2. The van der Waals surface area contributed by atoms with Crippen molar-refractivity contribution in [1.82, 2.24) is 25.3 Å². The van der Waals surface area contributed by atoms with E-state index >= 15 is 0 Å². The predicted molar refractivity (Wildman–Crippen MR) is 109 cm³/mol. The number of nitrogens with one attached hydrogen (secondary N) is 1. The van der Waals surface area contributed by atoms with Gasteiger partial charge in [0.1, 0.15) is 0 Å². The minimum absolute atomic E-state index is 0.133. The SMILES string of the molecule is CC(C)Cc1nc(CN2CC[C@@H]3C[C@@H](C(=O)NCCc4ccccn4)[C@@H]3C2)no1. The van der Waals surface area contributed by atoms with E-state index in [1.165, 1.54) is 0 Å². The van der Waals surface area contributed by atoms with E-state index in [-0.39, 0.29) is 11.8 Å². The Labute approximate surface area is 172 Å². The van der Waals surface area contributed by atoms with Crippen molar-refractivity contribution < 1.29 is 9.32 Å². The molecular formula is C22H31N5O2. The van der Waals surface area contributed by atoms with Crippen LogP contribution in [0.3, 0.4) is 0 Å². The lowest BCUT2D eigenvalue weighted by molar-refractivity contribution is -0.137. The zero-order valence-electron chi connectivity index (χ0n) is 17.4. The third kappa shape index (κ3) is 5.01. The summed E-state index contributed by atoms with van der Waals surface area (Å²) in [6.45, 7) is 7.63. The number of nitrogens with zero attached hydrogens (tertiary/aromatic N) is 4. The van der Waals surface area contributed by atoms with Crippen LogP contribution in [0.25, 0.3) is 0 Å². The molecule has 3 atom stereocenters. The summed E-state index contributed by atoms with van der Waals surface area (Å²) in [6, 6.07) is 5.88. The van der Waals surface area contributed by atoms with Gasteiger partial charge in [-0.3, -0.25) is 14.7 Å². The molecule has 0 spiro atoms. The van der Waals surface area contributed by atoms with Crippen molar-refractivity contribution >= 4 is 5.91 Å². The number of amides is 1. The highest BCUT2D eigenvalue weighted by Crippen LogP contribution is 2.45. The Morgan fingerprint density at radius 1 is 1.38 bits per heavy atom. The Kier molecular flexibility index (Phi) is 6.23. The number of hydrogen-bond donors (Lipinski definition) is 1. The molecule has 1 N–H and O–H groups in total. The normalized spacial score (nSPS) is 24.2. The Morgan fingerprint density at radius 2 is 2.28 bits per heavy atom. The second-order valence-corrected chi connectivity index (χ2v) is 8.85. The number of carbonyl (C=O) groups is 1. The van der Waals surface area contributed by atoms with Crippen molar-refractivity contribution in [2.45, 2.75) is 46.1 Å². The maximum absolute atomic E-state index is 12.7. The van der Waals surface area contributed by atoms with Crippen molar-refractivity contribution in [2.24, 2.45) is 23.7 Å². The second-order valence-electron chi connectivity index (χ2n) is 8.85. The molecule has 2 aromatic heterocycles. The third-order valence-electron chi connectivity index (χ3n) is 6.17. The maximum atomic E-state index is 12.7. The molecule has 2 fully saturated rings. The fraction of sp³-hybridized carbons (Fsp3) is 0.636. The average molecular weight is 398 g/mol. The molecule has 0 aromatic carbocycles. The highest BCUT2D eigenvalue weighted by atomic mass is 16.5. The number of aromatic nitrogens is 3. The fourth-order valence-electron chi connectivity index (χ4n) is 4.58. The number of fused-ring (bicyclic) bond motifs is 1. The molecule has 7 nitrogen and oxygen atoms in total. The second kappa shape index (κ2) is 9.03. The van der Waals surface area contributed by atoms with E-state index in [9.17, 15) is 4.79 Å². The van der Waals surface area contributed by atoms with Gasteiger partial charge in [0.25, 0.3) is 0 Å². The quantitative estimate of drug-likeness (QED) is 0.737. The van der Waals surface area contributed by atoms with Crippen LogP contribution < -0.4 is 5.32 Å². The third-order valence-corrected chi connectivity index (χ3v) is 6.17. The molecule has 1 aliphatic heterocycles. The number of hydrogen-bond acceptors (Lipinski definition) is 6. The van der Waals surface area contributed by atoms with Crippen molar-refractivity contribution in [3.8, 4) is 0 Å². The minimum atomic E-state index is 0.133. The van der Waals surface area contributed by atoms with Gasteiger partial charge in [0.15, 0.2) is 5.82 Å². The molecule has 2 aliphatic rings. The largest absolute Gasteiger partial charge is 0.355 e. The first-order chi connectivity index (χ1) is 14.1. The molecule has 7 heteroatoms. The Balaban J connectivity index is 1.24. The lowest BCUT2D eigenvalue weighted by Crippen LogP contribution is -2.55. The van der Waals surface area contributed by atoms with Crippen molar-refractivity contribution in [3.05, 3.63) is 41.8 Å². The van der Waals surface area contributed by atoms with Gasteiger partial charge in [-0.25, -0.2) is 0 Å². The summed E-state index contributed by atoms with van der Waals surface area (Å²) < 4.78 is 5.36. The van der Waals surface area contributed by atoms with Gasteiger partial charge < -0.3 is 9.84 Å². The summed E-state index contributed by atoms with van der Waals surface area (Å²) in [5, 5.41) is 7.25. The summed E-state index contributed by atoms with van der Waals surface area (Å²) in [5.41, 5.74) is 1.01. The summed E-state index contributed by atoms with van der Waals surface area (Å²) >= 11 is 0. The Bertz CT molecular complexity index is 807. The van der Waals surface area contributed by atoms with Gasteiger partial charge in [-0.15, -0.1) is 0 Å². The number of likely N-dealkylation sites (tertiary alicyclic amines) is 1. The van der Waals surface area contributed by atoms with Gasteiger partial charge in [-0.05, 0) is 49.3 Å². The van der Waals surface area contributed by atoms with E-state index in [4.69, 9.17) is 4.52 Å². The molecule has 0 bridgehead atoms. The number of piperidine rings is 1. The summed E-state index contributed by atoms with van der Waals surface area (Å²) in [5.74, 6) is 3.44. The first-order valence-electron chi connectivity index (χ1n) is 10.8. The molecule has 3 heterocycles. The van der Waals surface area contributed by atoms with Gasteiger partial charge in [-0.2, -0.15) is 4.98 Å². The van der Waals surface area contributed by atoms with Gasteiger partial charge in [0.2, 0.25) is 11.8 Å². The zero-order valence-corrected chi connectivity index (χ0v) is 17.4. The smallest absolute Gasteiger partial charge is 0.226 e. The molecule has 2 aromatic rings. The van der Waals surface area contributed by atoms with Crippen molar-refractivity contribution in [1.29, 1.82) is 0 Å². The predicted octanol–water partition coefficient (Wildman–Crippen LogP) is 2.48. The molecule has 156 valence electrons. The van der Waals surface area contributed by atoms with Crippen LogP contribution in [-0.4, -0.2) is 45.6 Å². The van der Waals surface area contributed by atoms with Crippen LogP contribution in [0, 0.1) is 23.7 Å². The van der Waals surface area contributed by atoms with E-state index in [1.807, 2.05) is 18.2 Å². The molecular weight excluding hydrogens is 366 g/mol. The van der Waals surface area contributed by atoms with Crippen LogP contribution in [0.1, 0.15) is 44.1 Å². The number of pyridine rings is 1. The van der Waals surface area contributed by atoms with Crippen LogP contribution >= 0.6 is 0 Å². The average Bonchev–Trinajstić information content (AvgIpc) is 3.11. The van der Waals surface area contributed by atoms with Crippen LogP contribution in [0.5, 0.6) is 0 Å². The maximum Gasteiger partial charge on any atom is 0.226 e. The van der Waals surface area contributed by atoms with E-state index in [2.05, 4.69) is 39.2 Å². The monoisotopic (exact) mass is 397 g/mol. The number of carbonyl (C=O) groups excluding carboxylic acids is 1. The summed E-state index contributed by atoms with van der Waals surface area (Å²) in [4.78, 5) is 23.9. The van der Waals surface area contributed by atoms with E-state index in [1.54, 1.807) is 6.20 Å². The minimum Gasteiger partial charge on any atom is -0.355 e. The highest BCUT2D eigenvalue weighted by molar-refractivity contribution is 5.80. The molecule has 1 aliphatic carbocycles. The van der Waals surface area contributed by atoms with Crippen molar-refractivity contribution in [3.63, 3.8) is 0 Å². The molecule has 0 radical (unpaired) electrons. The topological polar surface area (TPSA) is 84.2 Å². The summed E-state index contributed by atoms with van der Waals surface area (Å²) in [6.07, 6.45) is 5.56. The van der Waals surface area contributed by atoms with Crippen LogP contribution in [0.15, 0.2) is 28.9 Å². The molecule has 0 unspecified atom stereocenters. The van der Waals surface area contributed by atoms with E-state index < -0.39 is 0 Å². The first kappa shape index (κ1) is 20.0. The molecule has 1 amide bonds. The van der Waals surface area contributed by atoms with Gasteiger partial charge in [-0.1, -0.05) is 25.1 Å². The van der Waals surface area contributed by atoms with Gasteiger partial charge in [0.05, 0.1) is 6.54 Å². The van der Waals surface area contributed by atoms with Crippen LogP contribution in [-0.2, 0) is 24.2 Å². The molecule has 1 saturated carbocycles. The lowest BCUT2D eigenvalue weighted by Gasteiger charge is -2.50. The van der Waals surface area contributed by atoms with Crippen LogP contribution in [0.4, 0.5) is 0 Å². The summed E-state index contributed by atoms with van der Waals surface area (Å²) in [7, 11) is 0. The molecule has 4 rings (SSSR count). The molecule has 1 saturated heterocycles. The standard InChI is InChI=1S/C22H31N5O2/c1-15(2)11-21-25-20(26-29-21)14-27-10-7-16-12-18(19(16)13-27)22(28)24-9-6-17-5-3-4-8-23-17/h3-5,8,15-16,18-19H,6-7,9-14H2,1-2H3,(H,24,28)/t16-,18-,19-/m1/s1. The Hall–Kier alpha value is -2.28. The molecule has 29 heavy (non-hydrogen) atoms. The van der Waals surface area contributed by atoms with Gasteiger partial charge in [0, 0.05) is 43.7 Å². The van der Waals surface area contributed by atoms with Crippen LogP contribution in [0.2, 0.25) is 0 Å². The van der Waals surface area contributed by atoms with E-state index in [0.29, 0.717) is 30.8 Å². The van der Waals surface area contributed by atoms with E-state index in [0.717, 1.165) is 56.2 Å². The van der Waals surface area contributed by atoms with Crippen molar-refractivity contribution in [2.75, 3.05) is 19.6 Å². The lowest BCUT2D eigenvalue weighted by atomic mass is 9.61. The highest BCUT2D eigenvalue weighted by Gasteiger charge is 2.47. The van der Waals surface area contributed by atoms with Gasteiger partial charge >= 0.3 is 0 Å². The Morgan fingerprint density at radius 3 is 3.07 bits per heavy atom. The fourth-order valence-corrected chi connectivity index (χ4v) is 4.58. The number of rotatable bonds is 8.